The minimum Gasteiger partial charge on any atom is -0.316 e. The molecule has 0 bridgehead atoms. The molecule has 20 heavy (non-hydrogen) atoms. The zero-order valence-corrected chi connectivity index (χ0v) is 14.0. The zero-order valence-electron chi connectivity index (χ0n) is 12.4. The van der Waals surface area contributed by atoms with Crippen LogP contribution in [0.25, 0.3) is 0 Å². The van der Waals surface area contributed by atoms with Gasteiger partial charge in [0.15, 0.2) is 0 Å². The van der Waals surface area contributed by atoms with Gasteiger partial charge in [0.1, 0.15) is 0 Å². The van der Waals surface area contributed by atoms with Gasteiger partial charge in [-0.1, -0.05) is 13.3 Å². The predicted octanol–water partition coefficient (Wildman–Crippen LogP) is 0.373. The minimum atomic E-state index is -0.0313. The van der Waals surface area contributed by atoms with E-state index in [-0.39, 0.29) is 37.1 Å². The number of hydrazine groups is 1. The Labute approximate surface area is 135 Å². The average molecular weight is 339 g/mol. The third-order valence-electron chi connectivity index (χ3n) is 3.19. The van der Waals surface area contributed by atoms with Crippen molar-refractivity contribution in [3.05, 3.63) is 0 Å². The van der Waals surface area contributed by atoms with Gasteiger partial charge >= 0.3 is 0 Å². The van der Waals surface area contributed by atoms with Crippen molar-refractivity contribution in [1.82, 2.24) is 21.5 Å². The Morgan fingerprint density at radius 3 is 2.35 bits per heavy atom. The number of halogens is 2. The van der Waals surface area contributed by atoms with Gasteiger partial charge in [-0.3, -0.25) is 10.7 Å². The summed E-state index contributed by atoms with van der Waals surface area (Å²) in [7, 11) is 0. The monoisotopic (exact) mass is 338 g/mol. The topological polar surface area (TPSA) is 100 Å². The van der Waals surface area contributed by atoms with E-state index < -0.39 is 0 Å². The molecule has 1 rings (SSSR count). The Balaban J connectivity index is 0. The number of nitrogens with two attached hydrogens (primary N) is 2. The van der Waals surface area contributed by atoms with Crippen LogP contribution in [-0.4, -0.2) is 31.6 Å². The van der Waals surface area contributed by atoms with E-state index in [1.54, 1.807) is 0 Å². The summed E-state index contributed by atoms with van der Waals surface area (Å²) in [6, 6.07) is 0. The Kier molecular flexibility index (Phi) is 16.2. The van der Waals surface area contributed by atoms with Crippen LogP contribution in [0.5, 0.6) is 0 Å². The van der Waals surface area contributed by atoms with Gasteiger partial charge in [0.05, 0.1) is 18.5 Å². The Hall–Kier alpha value is 0.340. The van der Waals surface area contributed by atoms with Crippen LogP contribution in [-0.2, 0) is 0 Å². The third-order valence-corrected chi connectivity index (χ3v) is 3.19. The number of hydrogen-bond donors (Lipinski definition) is 6. The summed E-state index contributed by atoms with van der Waals surface area (Å²) in [5.41, 5.74) is 18.3. The van der Waals surface area contributed by atoms with E-state index in [1.807, 2.05) is 0 Å². The maximum atomic E-state index is 6.08. The summed E-state index contributed by atoms with van der Waals surface area (Å²) in [5, 5.41) is 6.97. The van der Waals surface area contributed by atoms with Crippen LogP contribution < -0.4 is 33.0 Å². The van der Waals surface area contributed by atoms with E-state index >= 15 is 0 Å². The third kappa shape index (κ3) is 11.0. The second kappa shape index (κ2) is 14.3. The summed E-state index contributed by atoms with van der Waals surface area (Å²) in [4.78, 5) is 0. The first-order chi connectivity index (χ1) is 8.72. The molecule has 0 aromatic carbocycles. The standard InChI is InChI=1S/C12H30N6.2ClH/c1-2-5-12-15-8-3-4-9-16-18-11(14)7-6-10(13)17-12;;/h10-12,15-18H,2-9,13-14H2,1H3;2*1H/i6+1,7+1,8+1,9+1,10+1,11+1,17+1,18+1;;. The van der Waals surface area contributed by atoms with Crippen LogP contribution in [0.4, 0.5) is 0 Å². The molecule has 8 N–H and O–H groups in total. The van der Waals surface area contributed by atoms with Crippen molar-refractivity contribution in [3.63, 3.8) is 0 Å². The molecule has 0 aliphatic carbocycles. The van der Waals surface area contributed by atoms with Gasteiger partial charge in [-0.15, -0.1) is 24.8 Å². The molecule has 3 atom stereocenters. The van der Waals surface area contributed by atoms with Crippen molar-refractivity contribution >= 4 is 24.8 Å². The molecule has 6 nitrogen and oxygen atoms in total. The molecular formula is C12H32Cl2N6. The van der Waals surface area contributed by atoms with Crippen LogP contribution in [0.15, 0.2) is 0 Å². The highest BCUT2D eigenvalue weighted by Crippen LogP contribution is 2.00. The molecule has 8 heteroatoms. The molecule has 0 aromatic heterocycles. The van der Waals surface area contributed by atoms with Crippen LogP contribution in [0, 0.1) is 0 Å². The molecule has 1 heterocycles. The quantitative estimate of drug-likeness (QED) is 0.321. The zero-order chi connectivity index (χ0) is 13.2. The predicted molar refractivity (Wildman–Crippen MR) is 89.9 cm³/mol. The first kappa shape index (κ1) is 22.6. The molecule has 0 spiro atoms. The maximum absolute atomic E-state index is 6.08. The summed E-state index contributed by atoms with van der Waals surface area (Å²) in [5.74, 6) is 0. The molecule has 0 aromatic rings. The van der Waals surface area contributed by atoms with Gasteiger partial charge in [-0.2, -0.15) is 0 Å². The summed E-state index contributed by atoms with van der Waals surface area (Å²) in [6.45, 7) is 4.17. The van der Waals surface area contributed by atoms with E-state index in [9.17, 15) is 0 Å². The largest absolute Gasteiger partial charge is 0.316 e. The highest BCUT2D eigenvalue weighted by molar-refractivity contribution is 5.85. The molecule has 0 saturated carbocycles. The molecule has 1 saturated heterocycles. The highest BCUT2D eigenvalue weighted by atomic mass is 35.5. The van der Waals surface area contributed by atoms with Gasteiger partial charge in [-0.25, -0.2) is 5.43 Å². The molecule has 0 radical (unpaired) electrons. The van der Waals surface area contributed by atoms with Crippen molar-refractivity contribution in [2.75, 3.05) is 13.1 Å². The summed E-state index contributed by atoms with van der Waals surface area (Å²) < 4.78 is 0. The lowest BCUT2D eigenvalue weighted by Gasteiger charge is -2.24. The SMILES string of the molecule is CCCC1N[13CH2]CC[13CH2]N[15NH][13CH](N)[13CH2][13CH2][13CH](N)[15NH]1.Cl.Cl. The fourth-order valence-corrected chi connectivity index (χ4v) is 2.12. The molecule has 1 fully saturated rings. The number of hydrogen-bond acceptors (Lipinski definition) is 6. The van der Waals surface area contributed by atoms with Crippen LogP contribution in [0.1, 0.15) is 45.4 Å². The second-order valence-electron chi connectivity index (χ2n) is 5.03. The van der Waals surface area contributed by atoms with E-state index in [0.717, 1.165) is 51.6 Å². The van der Waals surface area contributed by atoms with Gasteiger partial charge in [-0.05, 0) is 38.6 Å². The van der Waals surface area contributed by atoms with Crippen LogP contribution >= 0.6 is 24.8 Å². The fourth-order valence-electron chi connectivity index (χ4n) is 2.12. The fraction of sp³-hybridized carbons (Fsp3) is 1.00. The van der Waals surface area contributed by atoms with E-state index in [0.29, 0.717) is 6.17 Å². The van der Waals surface area contributed by atoms with Gasteiger partial charge in [0.25, 0.3) is 0 Å². The first-order valence-corrected chi connectivity index (χ1v) is 7.21. The molecule has 1 aliphatic heterocycles. The highest BCUT2D eigenvalue weighted by Gasteiger charge is 2.12. The molecule has 0 amide bonds. The van der Waals surface area contributed by atoms with E-state index in [4.69, 9.17) is 11.5 Å². The normalized spacial score (nSPS) is 29.9. The van der Waals surface area contributed by atoms with Crippen molar-refractivity contribution in [2.24, 2.45) is 11.5 Å². The first-order valence-electron chi connectivity index (χ1n) is 7.21. The van der Waals surface area contributed by atoms with E-state index in [1.165, 1.54) is 0 Å². The van der Waals surface area contributed by atoms with Crippen LogP contribution in [0.2, 0.25) is 0 Å². The molecular weight excluding hydrogens is 307 g/mol. The van der Waals surface area contributed by atoms with Crippen molar-refractivity contribution in [1.29, 1.82) is 0 Å². The summed E-state index contributed by atoms with van der Waals surface area (Å²) in [6.07, 6.45) is 6.58. The number of rotatable bonds is 2. The van der Waals surface area contributed by atoms with Gasteiger partial charge in [0.2, 0.25) is 0 Å². The Bertz CT molecular complexity index is 210. The summed E-state index contributed by atoms with van der Waals surface area (Å²) >= 11 is 0. The van der Waals surface area contributed by atoms with Crippen molar-refractivity contribution in [3.8, 4) is 0 Å². The average Bonchev–Trinajstić information content (AvgIpc) is 2.35. The minimum absolute atomic E-state index is 0. The molecule has 3 unspecified atom stereocenters. The lowest BCUT2D eigenvalue weighted by atomic mass is 10.3. The second-order valence-corrected chi connectivity index (χ2v) is 5.03. The van der Waals surface area contributed by atoms with Crippen molar-refractivity contribution in [2.45, 2.75) is 63.9 Å². The maximum Gasteiger partial charge on any atom is 0.0680 e. The Morgan fingerprint density at radius 2 is 1.65 bits per heavy atom. The lowest BCUT2D eigenvalue weighted by molar-refractivity contribution is 0.327. The number of nitrogens with one attached hydrogen (secondary N) is 4. The lowest BCUT2D eigenvalue weighted by Crippen LogP contribution is -2.52. The van der Waals surface area contributed by atoms with Gasteiger partial charge in [0, 0.05) is 6.54 Å². The Morgan fingerprint density at radius 1 is 1.00 bits per heavy atom. The van der Waals surface area contributed by atoms with Crippen molar-refractivity contribution < 1.29 is 0 Å². The van der Waals surface area contributed by atoms with Gasteiger partial charge < -0.3 is 16.8 Å². The van der Waals surface area contributed by atoms with Crippen LogP contribution in [0.3, 0.4) is 0 Å². The molecule has 1 aliphatic rings. The molecule has 124 valence electrons. The smallest absolute Gasteiger partial charge is 0.0680 e. The van der Waals surface area contributed by atoms with E-state index in [2.05, 4.69) is 28.4 Å².